The van der Waals surface area contributed by atoms with E-state index in [1.54, 1.807) is 12.3 Å². The van der Waals surface area contributed by atoms with Crippen LogP contribution in [0.2, 0.25) is 5.15 Å². The molecule has 1 heterocycles. The van der Waals surface area contributed by atoms with Crippen molar-refractivity contribution in [2.75, 3.05) is 5.32 Å². The number of aromatic nitrogens is 1. The van der Waals surface area contributed by atoms with Gasteiger partial charge in [0.05, 0.1) is 5.56 Å². The van der Waals surface area contributed by atoms with E-state index in [1.165, 1.54) is 5.56 Å². The van der Waals surface area contributed by atoms with Crippen LogP contribution in [0.3, 0.4) is 0 Å². The summed E-state index contributed by atoms with van der Waals surface area (Å²) >= 11 is 11.4. The predicted molar refractivity (Wildman–Crippen MR) is 88.8 cm³/mol. The largest absolute Gasteiger partial charge is 0.322 e. The molecule has 1 aromatic carbocycles. The maximum Gasteiger partial charge on any atom is 0.258 e. The van der Waals surface area contributed by atoms with Gasteiger partial charge in [-0.3, -0.25) is 4.79 Å². The molecule has 0 aliphatic heterocycles. The lowest BCUT2D eigenvalue weighted by Gasteiger charge is -2.08. The number of hydrogen-bond acceptors (Lipinski definition) is 2. The summed E-state index contributed by atoms with van der Waals surface area (Å²) in [6.45, 7) is 2.02. The number of pyridine rings is 1. The minimum absolute atomic E-state index is 0.183. The van der Waals surface area contributed by atoms with Crippen molar-refractivity contribution in [2.24, 2.45) is 0 Å². The fourth-order valence-electron chi connectivity index (χ4n) is 1.45. The van der Waals surface area contributed by atoms with E-state index in [0.29, 0.717) is 10.0 Å². The van der Waals surface area contributed by atoms with Crippen molar-refractivity contribution in [3.63, 3.8) is 0 Å². The Balaban J connectivity index is 2.25. The van der Waals surface area contributed by atoms with Gasteiger partial charge in [0.2, 0.25) is 0 Å². The first-order valence-electron chi connectivity index (χ1n) is 5.36. The Morgan fingerprint density at radius 1 is 1.42 bits per heavy atom. The Labute approximate surface area is 138 Å². The molecule has 1 N–H and O–H groups in total. The molecule has 1 amide bonds. The number of hydrogen-bond donors (Lipinski definition) is 1. The molecule has 0 saturated carbocycles. The first kappa shape index (κ1) is 14.7. The second kappa shape index (κ2) is 6.19. The Morgan fingerprint density at radius 2 is 2.16 bits per heavy atom. The summed E-state index contributed by atoms with van der Waals surface area (Å²) in [5.74, 6) is -0.279. The van der Waals surface area contributed by atoms with Crippen molar-refractivity contribution in [3.05, 3.63) is 54.8 Å². The number of halogens is 3. The van der Waals surface area contributed by atoms with E-state index in [2.05, 4.69) is 48.8 Å². The highest BCUT2D eigenvalue weighted by molar-refractivity contribution is 14.1. The number of carbonyl (C=O) groups is 1. The molecule has 0 radical (unpaired) electrons. The van der Waals surface area contributed by atoms with Gasteiger partial charge in [-0.05, 0) is 69.2 Å². The van der Waals surface area contributed by atoms with Crippen LogP contribution in [-0.4, -0.2) is 10.9 Å². The molecule has 98 valence electrons. The van der Waals surface area contributed by atoms with Gasteiger partial charge in [-0.25, -0.2) is 4.98 Å². The molecule has 2 rings (SSSR count). The first-order valence-corrected chi connectivity index (χ1v) is 7.61. The van der Waals surface area contributed by atoms with Gasteiger partial charge >= 0.3 is 0 Å². The zero-order chi connectivity index (χ0) is 14.0. The molecule has 0 spiro atoms. The van der Waals surface area contributed by atoms with E-state index in [9.17, 15) is 4.79 Å². The SMILES string of the molecule is Cc1ccc(NC(=O)c2cc(Br)cnc2Cl)cc1I. The lowest BCUT2D eigenvalue weighted by Crippen LogP contribution is -2.13. The van der Waals surface area contributed by atoms with Gasteiger partial charge in [-0.15, -0.1) is 0 Å². The van der Waals surface area contributed by atoms with Crippen LogP contribution in [0.4, 0.5) is 5.69 Å². The predicted octanol–water partition coefficient (Wildman–Crippen LogP) is 4.66. The number of aryl methyl sites for hydroxylation is 1. The fraction of sp³-hybridized carbons (Fsp3) is 0.0769. The average Bonchev–Trinajstić information content (AvgIpc) is 2.36. The van der Waals surface area contributed by atoms with E-state index in [1.807, 2.05) is 25.1 Å². The molecule has 1 aromatic heterocycles. The van der Waals surface area contributed by atoms with Gasteiger partial charge in [0.25, 0.3) is 5.91 Å². The van der Waals surface area contributed by atoms with Crippen molar-refractivity contribution >= 4 is 61.7 Å². The summed E-state index contributed by atoms with van der Waals surface area (Å²) in [6, 6.07) is 7.36. The molecular weight excluding hydrogens is 442 g/mol. The minimum atomic E-state index is -0.279. The molecule has 0 aliphatic carbocycles. The summed E-state index contributed by atoms with van der Waals surface area (Å²) in [4.78, 5) is 16.1. The number of rotatable bonds is 2. The van der Waals surface area contributed by atoms with Crippen LogP contribution in [0.1, 0.15) is 15.9 Å². The molecule has 19 heavy (non-hydrogen) atoms. The van der Waals surface area contributed by atoms with Crippen LogP contribution in [0.15, 0.2) is 34.9 Å². The topological polar surface area (TPSA) is 42.0 Å². The van der Waals surface area contributed by atoms with Crippen LogP contribution >= 0.6 is 50.1 Å². The molecule has 2 aromatic rings. The second-order valence-electron chi connectivity index (χ2n) is 3.91. The van der Waals surface area contributed by atoms with Gasteiger partial charge in [-0.1, -0.05) is 17.7 Å². The molecule has 0 saturated heterocycles. The van der Waals surface area contributed by atoms with Crippen molar-refractivity contribution in [1.82, 2.24) is 4.98 Å². The quantitative estimate of drug-likeness (QED) is 0.533. The zero-order valence-corrected chi connectivity index (χ0v) is 14.4. The van der Waals surface area contributed by atoms with Crippen molar-refractivity contribution in [3.8, 4) is 0 Å². The molecular formula is C13H9BrClIN2O. The fourth-order valence-corrected chi connectivity index (χ4v) is 2.49. The van der Waals surface area contributed by atoms with Gasteiger partial charge < -0.3 is 5.32 Å². The molecule has 6 heteroatoms. The van der Waals surface area contributed by atoms with E-state index in [-0.39, 0.29) is 11.1 Å². The molecule has 0 atom stereocenters. The maximum atomic E-state index is 12.1. The van der Waals surface area contributed by atoms with Crippen LogP contribution < -0.4 is 5.32 Å². The highest BCUT2D eigenvalue weighted by Crippen LogP contribution is 2.21. The summed E-state index contributed by atoms with van der Waals surface area (Å²) in [7, 11) is 0. The third-order valence-corrected chi connectivity index (χ3v) is 4.38. The Kier molecular flexibility index (Phi) is 4.81. The lowest BCUT2D eigenvalue weighted by atomic mass is 10.2. The highest BCUT2D eigenvalue weighted by Gasteiger charge is 2.12. The van der Waals surface area contributed by atoms with E-state index < -0.39 is 0 Å². The molecule has 3 nitrogen and oxygen atoms in total. The Morgan fingerprint density at radius 3 is 2.84 bits per heavy atom. The van der Waals surface area contributed by atoms with Gasteiger partial charge in [0.1, 0.15) is 5.15 Å². The van der Waals surface area contributed by atoms with Crippen molar-refractivity contribution in [2.45, 2.75) is 6.92 Å². The van der Waals surface area contributed by atoms with Crippen LogP contribution in [-0.2, 0) is 0 Å². The standard InChI is InChI=1S/C13H9BrClIN2O/c1-7-2-3-9(5-11(7)16)18-13(19)10-4-8(14)6-17-12(10)15/h2-6H,1H3,(H,18,19). The summed E-state index contributed by atoms with van der Waals surface area (Å²) in [5.41, 5.74) is 2.24. The number of amides is 1. The monoisotopic (exact) mass is 450 g/mol. The number of anilines is 1. The number of benzene rings is 1. The van der Waals surface area contributed by atoms with Crippen molar-refractivity contribution < 1.29 is 4.79 Å². The van der Waals surface area contributed by atoms with Crippen LogP contribution in [0.5, 0.6) is 0 Å². The molecule has 0 fully saturated rings. The van der Waals surface area contributed by atoms with Crippen LogP contribution in [0.25, 0.3) is 0 Å². The second-order valence-corrected chi connectivity index (χ2v) is 6.35. The Bertz CT molecular complexity index is 649. The van der Waals surface area contributed by atoms with Gasteiger partial charge in [-0.2, -0.15) is 0 Å². The number of nitrogens with zero attached hydrogens (tertiary/aromatic N) is 1. The minimum Gasteiger partial charge on any atom is -0.322 e. The van der Waals surface area contributed by atoms with E-state index in [0.717, 1.165) is 9.26 Å². The van der Waals surface area contributed by atoms with E-state index in [4.69, 9.17) is 11.6 Å². The number of carbonyl (C=O) groups excluding carboxylic acids is 1. The average molecular weight is 451 g/mol. The van der Waals surface area contributed by atoms with Crippen molar-refractivity contribution in [1.29, 1.82) is 0 Å². The third-order valence-electron chi connectivity index (χ3n) is 2.48. The van der Waals surface area contributed by atoms with E-state index >= 15 is 0 Å². The summed E-state index contributed by atoms with van der Waals surface area (Å²) in [6.07, 6.45) is 1.55. The Hall–Kier alpha value is -0.660. The third kappa shape index (κ3) is 3.67. The highest BCUT2D eigenvalue weighted by atomic mass is 127. The smallest absolute Gasteiger partial charge is 0.258 e. The zero-order valence-electron chi connectivity index (χ0n) is 9.88. The normalized spacial score (nSPS) is 10.3. The van der Waals surface area contributed by atoms with Crippen LogP contribution in [0, 0.1) is 10.5 Å². The van der Waals surface area contributed by atoms with Gasteiger partial charge in [0, 0.05) is 19.9 Å². The molecule has 0 aliphatic rings. The molecule has 0 bridgehead atoms. The van der Waals surface area contributed by atoms with Gasteiger partial charge in [0.15, 0.2) is 0 Å². The number of nitrogens with one attached hydrogen (secondary N) is 1. The lowest BCUT2D eigenvalue weighted by molar-refractivity contribution is 0.102. The summed E-state index contributed by atoms with van der Waals surface area (Å²) < 4.78 is 1.80. The molecule has 0 unspecified atom stereocenters. The summed E-state index contributed by atoms with van der Waals surface area (Å²) in [5, 5.41) is 2.99. The first-order chi connectivity index (χ1) is 8.97. The maximum absolute atomic E-state index is 12.1.